The van der Waals surface area contributed by atoms with Gasteiger partial charge in [-0.25, -0.2) is 4.39 Å². The highest BCUT2D eigenvalue weighted by Crippen LogP contribution is 2.41. The number of dihydropyridines is 1. The number of carbonyl (C=O) groups excluding carboxylic acids is 2. The lowest BCUT2D eigenvalue weighted by Gasteiger charge is -2.30. The van der Waals surface area contributed by atoms with Crippen molar-refractivity contribution in [1.29, 1.82) is 5.26 Å². The zero-order valence-electron chi connectivity index (χ0n) is 20.6. The average Bonchev–Trinajstić information content (AvgIpc) is 2.90. The SMILES string of the molecule is CC1=C(C(=O)Nc2ccccc2C)[C@@H](c2ccccc2F)C(C#N)=C(SCC(=O)Nc2ccc(Br)cc2)N1. The van der Waals surface area contributed by atoms with Gasteiger partial charge in [0.05, 0.1) is 28.3 Å². The molecule has 3 aromatic rings. The van der Waals surface area contributed by atoms with Crippen molar-refractivity contribution in [2.45, 2.75) is 19.8 Å². The van der Waals surface area contributed by atoms with Crippen molar-refractivity contribution < 1.29 is 14.0 Å². The van der Waals surface area contributed by atoms with E-state index in [0.29, 0.717) is 22.1 Å². The van der Waals surface area contributed by atoms with Crippen LogP contribution in [-0.4, -0.2) is 17.6 Å². The van der Waals surface area contributed by atoms with Gasteiger partial charge in [-0.2, -0.15) is 5.26 Å². The summed E-state index contributed by atoms with van der Waals surface area (Å²) in [4.78, 5) is 26.2. The second kappa shape index (κ2) is 12.1. The molecule has 0 unspecified atom stereocenters. The normalized spacial score (nSPS) is 15.0. The van der Waals surface area contributed by atoms with Crippen LogP contribution < -0.4 is 16.0 Å². The third kappa shape index (κ3) is 6.15. The lowest BCUT2D eigenvalue weighted by Crippen LogP contribution is -2.31. The Hall–Kier alpha value is -3.87. The number of nitrogens with zero attached hydrogens (tertiary/aromatic N) is 1. The predicted molar refractivity (Wildman–Crippen MR) is 153 cm³/mol. The number of carbonyl (C=O) groups is 2. The molecule has 1 aliphatic heterocycles. The summed E-state index contributed by atoms with van der Waals surface area (Å²) in [6.07, 6.45) is 0. The summed E-state index contributed by atoms with van der Waals surface area (Å²) in [5.74, 6) is -2.19. The molecule has 0 bridgehead atoms. The molecule has 1 heterocycles. The number of nitriles is 1. The van der Waals surface area contributed by atoms with Crippen LogP contribution in [0, 0.1) is 24.1 Å². The van der Waals surface area contributed by atoms with Gasteiger partial charge < -0.3 is 16.0 Å². The van der Waals surface area contributed by atoms with E-state index in [1.807, 2.05) is 37.3 Å². The van der Waals surface area contributed by atoms with Crippen molar-refractivity contribution in [3.63, 3.8) is 0 Å². The van der Waals surface area contributed by atoms with Crippen LogP contribution >= 0.6 is 27.7 Å². The maximum Gasteiger partial charge on any atom is 0.254 e. The molecule has 38 heavy (non-hydrogen) atoms. The van der Waals surface area contributed by atoms with Crippen LogP contribution in [0.25, 0.3) is 0 Å². The summed E-state index contributed by atoms with van der Waals surface area (Å²) in [5, 5.41) is 19.4. The van der Waals surface area contributed by atoms with E-state index in [2.05, 4.69) is 37.9 Å². The smallest absolute Gasteiger partial charge is 0.254 e. The number of thioether (sulfide) groups is 1. The number of allylic oxidation sites excluding steroid dienone is 2. The molecule has 0 fully saturated rings. The summed E-state index contributed by atoms with van der Waals surface area (Å²) < 4.78 is 16.0. The highest BCUT2D eigenvalue weighted by Gasteiger charge is 2.36. The molecule has 0 aromatic heterocycles. The van der Waals surface area contributed by atoms with Crippen molar-refractivity contribution >= 4 is 50.9 Å². The number of aryl methyl sites for hydroxylation is 1. The van der Waals surface area contributed by atoms with Crippen LogP contribution in [0.4, 0.5) is 15.8 Å². The minimum atomic E-state index is -0.955. The molecule has 3 N–H and O–H groups in total. The highest BCUT2D eigenvalue weighted by atomic mass is 79.9. The van der Waals surface area contributed by atoms with Crippen molar-refractivity contribution in [3.8, 4) is 6.07 Å². The van der Waals surface area contributed by atoms with Gasteiger partial charge in [0.1, 0.15) is 5.82 Å². The fraction of sp³-hybridized carbons (Fsp3) is 0.138. The van der Waals surface area contributed by atoms with Crippen molar-refractivity contribution in [2.24, 2.45) is 0 Å². The molecule has 3 aromatic carbocycles. The van der Waals surface area contributed by atoms with Crippen LogP contribution in [0.1, 0.15) is 24.0 Å². The number of benzene rings is 3. The van der Waals surface area contributed by atoms with E-state index in [1.54, 1.807) is 43.3 Å². The number of rotatable bonds is 7. The van der Waals surface area contributed by atoms with Crippen LogP contribution in [0.3, 0.4) is 0 Å². The number of hydrogen-bond acceptors (Lipinski definition) is 5. The number of halogens is 2. The summed E-state index contributed by atoms with van der Waals surface area (Å²) in [5.41, 5.74) is 3.21. The van der Waals surface area contributed by atoms with E-state index in [0.717, 1.165) is 21.8 Å². The lowest BCUT2D eigenvalue weighted by atomic mass is 9.82. The molecule has 2 amide bonds. The summed E-state index contributed by atoms with van der Waals surface area (Å²) >= 11 is 4.49. The molecule has 0 saturated carbocycles. The van der Waals surface area contributed by atoms with Gasteiger partial charge >= 0.3 is 0 Å². The fourth-order valence-corrected chi connectivity index (χ4v) is 5.27. The fourth-order valence-electron chi connectivity index (χ4n) is 4.12. The first kappa shape index (κ1) is 27.2. The number of nitrogens with one attached hydrogen (secondary N) is 3. The molecule has 6 nitrogen and oxygen atoms in total. The van der Waals surface area contributed by atoms with Crippen molar-refractivity contribution in [1.82, 2.24) is 5.32 Å². The summed E-state index contributed by atoms with van der Waals surface area (Å²) in [6, 6.07) is 22.8. The monoisotopic (exact) mass is 590 g/mol. The van der Waals surface area contributed by atoms with E-state index >= 15 is 4.39 Å². The van der Waals surface area contributed by atoms with E-state index in [1.165, 1.54) is 6.07 Å². The Morgan fingerprint density at radius 3 is 2.39 bits per heavy atom. The molecule has 9 heteroatoms. The highest BCUT2D eigenvalue weighted by molar-refractivity contribution is 9.10. The number of amides is 2. The Labute approximate surface area is 233 Å². The third-order valence-electron chi connectivity index (χ3n) is 5.98. The standard InChI is InChI=1S/C29H24BrFN4O2S/c1-17-7-3-6-10-24(17)35-28(37)26-18(2)33-29(22(15-32)27(26)21-8-4-5-9-23(21)31)38-16-25(36)34-20-13-11-19(30)12-14-20/h3-14,27,33H,16H2,1-2H3,(H,34,36)(H,35,37)/t27-/m0/s1. The van der Waals surface area contributed by atoms with Crippen LogP contribution in [0.5, 0.6) is 0 Å². The molecular formula is C29H24BrFN4O2S. The molecule has 0 saturated heterocycles. The van der Waals surface area contributed by atoms with Gasteiger partial charge in [-0.3, -0.25) is 9.59 Å². The Balaban J connectivity index is 1.65. The van der Waals surface area contributed by atoms with Gasteiger partial charge in [0.15, 0.2) is 0 Å². The molecule has 1 aliphatic rings. The third-order valence-corrected chi connectivity index (χ3v) is 7.52. The van der Waals surface area contributed by atoms with Crippen molar-refractivity contribution in [3.05, 3.63) is 116 Å². The van der Waals surface area contributed by atoms with Gasteiger partial charge in [0.2, 0.25) is 5.91 Å². The van der Waals surface area contributed by atoms with Crippen molar-refractivity contribution in [2.75, 3.05) is 16.4 Å². The predicted octanol–water partition coefficient (Wildman–Crippen LogP) is 6.60. The number of hydrogen-bond donors (Lipinski definition) is 3. The minimum Gasteiger partial charge on any atom is -0.353 e. The molecular weight excluding hydrogens is 567 g/mol. The van der Waals surface area contributed by atoms with Gasteiger partial charge in [-0.15, -0.1) is 0 Å². The zero-order chi connectivity index (χ0) is 27.2. The van der Waals surface area contributed by atoms with Gasteiger partial charge in [-0.05, 0) is 55.8 Å². The molecule has 4 rings (SSSR count). The number of para-hydroxylation sites is 1. The van der Waals surface area contributed by atoms with Gasteiger partial charge in [-0.1, -0.05) is 64.1 Å². The summed E-state index contributed by atoms with van der Waals surface area (Å²) in [7, 11) is 0. The van der Waals surface area contributed by atoms with Crippen LogP contribution in [0.2, 0.25) is 0 Å². The Bertz CT molecular complexity index is 1490. The van der Waals surface area contributed by atoms with E-state index < -0.39 is 17.6 Å². The van der Waals surface area contributed by atoms with E-state index in [9.17, 15) is 14.9 Å². The second-order valence-electron chi connectivity index (χ2n) is 8.59. The maximum atomic E-state index is 15.1. The largest absolute Gasteiger partial charge is 0.353 e. The van der Waals surface area contributed by atoms with Crippen LogP contribution in [-0.2, 0) is 9.59 Å². The second-order valence-corrected chi connectivity index (χ2v) is 10.5. The quantitative estimate of drug-likeness (QED) is 0.288. The molecule has 0 aliphatic carbocycles. The maximum absolute atomic E-state index is 15.1. The van der Waals surface area contributed by atoms with E-state index in [-0.39, 0.29) is 28.4 Å². The number of anilines is 2. The summed E-state index contributed by atoms with van der Waals surface area (Å²) in [6.45, 7) is 3.58. The van der Waals surface area contributed by atoms with Gasteiger partial charge in [0.25, 0.3) is 5.91 Å². The van der Waals surface area contributed by atoms with Gasteiger partial charge in [0, 0.05) is 32.7 Å². The first-order chi connectivity index (χ1) is 18.3. The first-order valence-corrected chi connectivity index (χ1v) is 13.5. The Kier molecular flexibility index (Phi) is 8.66. The van der Waals surface area contributed by atoms with E-state index in [4.69, 9.17) is 0 Å². The molecule has 1 atom stereocenters. The Morgan fingerprint density at radius 2 is 1.71 bits per heavy atom. The molecule has 0 spiro atoms. The zero-order valence-corrected chi connectivity index (χ0v) is 23.0. The molecule has 0 radical (unpaired) electrons. The molecule has 192 valence electrons. The average molecular weight is 592 g/mol. The Morgan fingerprint density at radius 1 is 1.03 bits per heavy atom. The lowest BCUT2D eigenvalue weighted by molar-refractivity contribution is -0.114. The van der Waals surface area contributed by atoms with Crippen LogP contribution in [0.15, 0.2) is 99.1 Å². The topological polar surface area (TPSA) is 94.0 Å². The minimum absolute atomic E-state index is 0.00554. The first-order valence-electron chi connectivity index (χ1n) is 11.7.